The molecule has 3 rings (SSSR count). The van der Waals surface area contributed by atoms with Crippen LogP contribution < -0.4 is 15.5 Å². The molecule has 3 N–H and O–H groups in total. The van der Waals surface area contributed by atoms with Crippen LogP contribution in [-0.4, -0.2) is 24.4 Å². The normalized spacial score (nSPS) is 16.0. The Morgan fingerprint density at radius 3 is 2.56 bits per heavy atom. The van der Waals surface area contributed by atoms with Crippen LogP contribution in [0.25, 0.3) is 0 Å². The number of nitrogens with one attached hydrogen (secondary N) is 1. The van der Waals surface area contributed by atoms with E-state index in [1.807, 2.05) is 61.6 Å². The monoisotopic (exact) mass is 358 g/mol. The average molecular weight is 359 g/mol. The molecule has 2 atom stereocenters. The number of quaternary nitrogens is 1. The van der Waals surface area contributed by atoms with Crippen molar-refractivity contribution in [1.82, 2.24) is 0 Å². The molecule has 2 aromatic rings. The zero-order valence-electron chi connectivity index (χ0n) is 14.2. The summed E-state index contributed by atoms with van der Waals surface area (Å²) >= 11 is 5.93. The molecule has 0 fully saturated rings. The summed E-state index contributed by atoms with van der Waals surface area (Å²) in [7, 11) is 0. The lowest BCUT2D eigenvalue weighted by atomic mass is 10.1. The Bertz CT molecular complexity index is 792. The SMILES string of the molecule is C[C@@H]([NH2+][C@H](C)c1ccc(Cl)cc1)C(=O)N1CC(=O)Nc2ccccc21. The Hall–Kier alpha value is -2.37. The quantitative estimate of drug-likeness (QED) is 0.881. The molecular weight excluding hydrogens is 338 g/mol. The number of nitrogens with two attached hydrogens (primary N) is 1. The smallest absolute Gasteiger partial charge is 0.285 e. The number of amides is 2. The first-order valence-electron chi connectivity index (χ1n) is 8.26. The Labute approximate surface area is 152 Å². The first-order valence-corrected chi connectivity index (χ1v) is 8.64. The van der Waals surface area contributed by atoms with Crippen LogP contribution >= 0.6 is 11.6 Å². The number of carbonyl (C=O) groups excluding carboxylic acids is 2. The van der Waals surface area contributed by atoms with Gasteiger partial charge in [-0.25, -0.2) is 0 Å². The van der Waals surface area contributed by atoms with Gasteiger partial charge in [0.05, 0.1) is 11.4 Å². The molecule has 0 aliphatic carbocycles. The van der Waals surface area contributed by atoms with Crippen molar-refractivity contribution in [1.29, 1.82) is 0 Å². The van der Waals surface area contributed by atoms with Gasteiger partial charge in [-0.05, 0) is 38.1 Å². The van der Waals surface area contributed by atoms with Crippen LogP contribution in [0.1, 0.15) is 25.5 Å². The molecule has 0 unspecified atom stereocenters. The predicted molar refractivity (Wildman–Crippen MR) is 98.7 cm³/mol. The molecule has 1 heterocycles. The second-order valence-corrected chi connectivity index (χ2v) is 6.75. The van der Waals surface area contributed by atoms with E-state index in [-0.39, 0.29) is 30.4 Å². The van der Waals surface area contributed by atoms with E-state index in [1.54, 1.807) is 11.0 Å². The molecule has 130 valence electrons. The number of rotatable bonds is 4. The average Bonchev–Trinajstić information content (AvgIpc) is 2.60. The highest BCUT2D eigenvalue weighted by atomic mass is 35.5. The summed E-state index contributed by atoms with van der Waals surface area (Å²) in [6.07, 6.45) is 0. The summed E-state index contributed by atoms with van der Waals surface area (Å²) in [5.74, 6) is -0.256. The number of halogens is 1. The molecular formula is C19H21ClN3O2+. The van der Waals surface area contributed by atoms with Crippen molar-refractivity contribution in [3.63, 3.8) is 0 Å². The number of benzene rings is 2. The fourth-order valence-electron chi connectivity index (χ4n) is 3.07. The van der Waals surface area contributed by atoms with Crippen LogP contribution in [0.2, 0.25) is 5.02 Å². The summed E-state index contributed by atoms with van der Waals surface area (Å²) in [6, 6.07) is 14.8. The Morgan fingerprint density at radius 2 is 1.84 bits per heavy atom. The van der Waals surface area contributed by atoms with Gasteiger partial charge in [-0.15, -0.1) is 0 Å². The van der Waals surface area contributed by atoms with E-state index in [1.165, 1.54) is 0 Å². The number of para-hydroxylation sites is 2. The van der Waals surface area contributed by atoms with Crippen LogP contribution in [-0.2, 0) is 9.59 Å². The van der Waals surface area contributed by atoms with Gasteiger partial charge in [-0.1, -0.05) is 35.9 Å². The van der Waals surface area contributed by atoms with Crippen molar-refractivity contribution < 1.29 is 14.9 Å². The first kappa shape index (κ1) is 17.5. The second-order valence-electron chi connectivity index (χ2n) is 6.31. The third-order valence-corrected chi connectivity index (χ3v) is 4.65. The lowest BCUT2D eigenvalue weighted by Gasteiger charge is -2.30. The van der Waals surface area contributed by atoms with E-state index in [2.05, 4.69) is 5.32 Å². The molecule has 2 aromatic carbocycles. The summed E-state index contributed by atoms with van der Waals surface area (Å²) in [4.78, 5) is 26.4. The zero-order chi connectivity index (χ0) is 18.0. The molecule has 0 saturated carbocycles. The van der Waals surface area contributed by atoms with E-state index >= 15 is 0 Å². The van der Waals surface area contributed by atoms with Crippen LogP contribution in [0.15, 0.2) is 48.5 Å². The zero-order valence-corrected chi connectivity index (χ0v) is 15.0. The third kappa shape index (κ3) is 3.83. The minimum absolute atomic E-state index is 0.0450. The lowest BCUT2D eigenvalue weighted by molar-refractivity contribution is -0.710. The predicted octanol–water partition coefficient (Wildman–Crippen LogP) is 2.34. The molecule has 0 bridgehead atoms. The number of hydrogen-bond acceptors (Lipinski definition) is 2. The Kier molecular flexibility index (Phi) is 5.06. The molecule has 0 spiro atoms. The van der Waals surface area contributed by atoms with E-state index in [9.17, 15) is 9.59 Å². The van der Waals surface area contributed by atoms with Crippen LogP contribution in [0.5, 0.6) is 0 Å². The van der Waals surface area contributed by atoms with Crippen molar-refractivity contribution in [2.24, 2.45) is 0 Å². The number of hydrogen-bond donors (Lipinski definition) is 2. The van der Waals surface area contributed by atoms with E-state index in [0.29, 0.717) is 10.7 Å². The fourth-order valence-corrected chi connectivity index (χ4v) is 3.19. The van der Waals surface area contributed by atoms with Crippen molar-refractivity contribution in [3.05, 3.63) is 59.1 Å². The van der Waals surface area contributed by atoms with Gasteiger partial charge in [0.15, 0.2) is 6.04 Å². The van der Waals surface area contributed by atoms with Crippen LogP contribution in [0.3, 0.4) is 0 Å². The number of carbonyl (C=O) groups is 2. The van der Waals surface area contributed by atoms with Crippen LogP contribution in [0.4, 0.5) is 11.4 Å². The molecule has 0 saturated heterocycles. The number of nitrogens with zero attached hydrogens (tertiary/aromatic N) is 1. The minimum atomic E-state index is -0.315. The van der Waals surface area contributed by atoms with Gasteiger partial charge >= 0.3 is 0 Å². The lowest BCUT2D eigenvalue weighted by Crippen LogP contribution is -2.92. The standard InChI is InChI=1S/C19H20ClN3O2/c1-12(14-7-9-15(20)10-8-14)21-13(2)19(25)23-11-18(24)22-16-5-3-4-6-17(16)23/h3-10,12-13,21H,11H2,1-2H3,(H,22,24)/p+1/t12-,13-/m1/s1. The highest BCUT2D eigenvalue weighted by molar-refractivity contribution is 6.30. The molecule has 5 nitrogen and oxygen atoms in total. The molecule has 0 aromatic heterocycles. The molecule has 1 aliphatic heterocycles. The van der Waals surface area contributed by atoms with Gasteiger partial charge in [0.25, 0.3) is 5.91 Å². The molecule has 25 heavy (non-hydrogen) atoms. The third-order valence-electron chi connectivity index (χ3n) is 4.40. The van der Waals surface area contributed by atoms with Gasteiger partial charge in [-0.2, -0.15) is 0 Å². The van der Waals surface area contributed by atoms with E-state index < -0.39 is 0 Å². The van der Waals surface area contributed by atoms with E-state index in [4.69, 9.17) is 11.6 Å². The maximum atomic E-state index is 12.9. The Balaban J connectivity index is 1.74. The Morgan fingerprint density at radius 1 is 1.16 bits per heavy atom. The van der Waals surface area contributed by atoms with Crippen molar-refractivity contribution >= 4 is 34.8 Å². The molecule has 1 aliphatic rings. The van der Waals surface area contributed by atoms with Crippen LogP contribution in [0, 0.1) is 0 Å². The minimum Gasteiger partial charge on any atom is -0.330 e. The van der Waals surface area contributed by atoms with E-state index in [0.717, 1.165) is 11.3 Å². The number of fused-ring (bicyclic) bond motifs is 1. The van der Waals surface area contributed by atoms with Crippen molar-refractivity contribution in [3.8, 4) is 0 Å². The second kappa shape index (κ2) is 7.25. The van der Waals surface area contributed by atoms with Crippen molar-refractivity contribution in [2.45, 2.75) is 25.9 Å². The highest BCUT2D eigenvalue weighted by Gasteiger charge is 2.32. The van der Waals surface area contributed by atoms with Gasteiger partial charge < -0.3 is 10.6 Å². The van der Waals surface area contributed by atoms with Crippen molar-refractivity contribution in [2.75, 3.05) is 16.8 Å². The van der Waals surface area contributed by atoms with Gasteiger partial charge in [0.1, 0.15) is 12.6 Å². The summed E-state index contributed by atoms with van der Waals surface area (Å²) in [5.41, 5.74) is 2.51. The van der Waals surface area contributed by atoms with Gasteiger partial charge in [0, 0.05) is 10.6 Å². The topological polar surface area (TPSA) is 66.0 Å². The highest BCUT2D eigenvalue weighted by Crippen LogP contribution is 2.29. The summed E-state index contributed by atoms with van der Waals surface area (Å²) < 4.78 is 0. The largest absolute Gasteiger partial charge is 0.330 e. The van der Waals surface area contributed by atoms with Gasteiger partial charge in [0.2, 0.25) is 5.91 Å². The first-order chi connectivity index (χ1) is 12.0. The number of anilines is 2. The molecule has 0 radical (unpaired) electrons. The summed E-state index contributed by atoms with van der Waals surface area (Å²) in [5, 5.41) is 5.49. The maximum Gasteiger partial charge on any atom is 0.285 e. The maximum absolute atomic E-state index is 12.9. The van der Waals surface area contributed by atoms with Gasteiger partial charge in [-0.3, -0.25) is 14.5 Å². The summed E-state index contributed by atoms with van der Waals surface area (Å²) in [6.45, 7) is 3.96. The fraction of sp³-hybridized carbons (Fsp3) is 0.263. The molecule has 2 amide bonds. The molecule has 6 heteroatoms.